The van der Waals surface area contributed by atoms with E-state index in [-0.39, 0.29) is 5.54 Å². The maximum absolute atomic E-state index is 9.35. The van der Waals surface area contributed by atoms with Crippen LogP contribution in [0.1, 0.15) is 31.9 Å². The molecule has 0 fully saturated rings. The smallest absolute Gasteiger partial charge is 0.423 e. The molecular weight excluding hydrogens is 213 g/mol. The van der Waals surface area contributed by atoms with E-state index in [4.69, 9.17) is 0 Å². The minimum Gasteiger partial charge on any atom is -0.423 e. The van der Waals surface area contributed by atoms with Crippen LogP contribution in [0.2, 0.25) is 0 Å². The molecule has 1 heterocycles. The van der Waals surface area contributed by atoms with Crippen LogP contribution in [-0.4, -0.2) is 34.2 Å². The Balaban J connectivity index is 2.31. The topological polar surface area (TPSA) is 43.7 Å². The number of rotatable bonds is 1. The summed E-state index contributed by atoms with van der Waals surface area (Å²) in [5, 5.41) is 18.7. The van der Waals surface area contributed by atoms with Crippen molar-refractivity contribution in [2.75, 3.05) is 6.54 Å². The van der Waals surface area contributed by atoms with E-state index in [1.807, 2.05) is 6.07 Å². The Morgan fingerprint density at radius 1 is 1.24 bits per heavy atom. The van der Waals surface area contributed by atoms with E-state index in [9.17, 15) is 10.0 Å². The molecule has 1 aliphatic rings. The zero-order valence-electron chi connectivity index (χ0n) is 10.8. The highest BCUT2D eigenvalue weighted by Gasteiger charge is 2.28. The molecule has 0 unspecified atom stereocenters. The average molecular weight is 233 g/mol. The molecule has 0 saturated heterocycles. The summed E-state index contributed by atoms with van der Waals surface area (Å²) in [6.45, 7) is 8.49. The second-order valence-corrected chi connectivity index (χ2v) is 5.70. The molecule has 17 heavy (non-hydrogen) atoms. The first-order valence-corrected chi connectivity index (χ1v) is 6.11. The van der Waals surface area contributed by atoms with Crippen molar-refractivity contribution in [2.24, 2.45) is 0 Å². The fraction of sp³-hybridized carbons (Fsp3) is 0.538. The van der Waals surface area contributed by atoms with Gasteiger partial charge in [-0.2, -0.15) is 0 Å². The standard InChI is InChI=1S/C13H20BNO2/c1-13(2,3)15-8-7-11-10(9-15)5-4-6-12(11)14(16)17/h4-6,16-17H,7-9H2,1-3H3. The molecule has 0 aliphatic carbocycles. The molecule has 0 aromatic heterocycles. The van der Waals surface area contributed by atoms with Crippen molar-refractivity contribution in [3.63, 3.8) is 0 Å². The average Bonchev–Trinajstić information content (AvgIpc) is 2.26. The monoisotopic (exact) mass is 233 g/mol. The van der Waals surface area contributed by atoms with Crippen LogP contribution in [-0.2, 0) is 13.0 Å². The number of hydrogen-bond acceptors (Lipinski definition) is 3. The predicted octanol–water partition coefficient (Wildman–Crippen LogP) is 0.523. The molecule has 1 aromatic carbocycles. The van der Waals surface area contributed by atoms with Gasteiger partial charge >= 0.3 is 7.12 Å². The van der Waals surface area contributed by atoms with E-state index < -0.39 is 7.12 Å². The molecule has 3 nitrogen and oxygen atoms in total. The van der Waals surface area contributed by atoms with Gasteiger partial charge in [0.15, 0.2) is 0 Å². The zero-order valence-corrected chi connectivity index (χ0v) is 10.8. The van der Waals surface area contributed by atoms with Crippen molar-refractivity contribution < 1.29 is 10.0 Å². The largest absolute Gasteiger partial charge is 0.488 e. The number of fused-ring (bicyclic) bond motifs is 1. The maximum atomic E-state index is 9.35. The Morgan fingerprint density at radius 3 is 2.53 bits per heavy atom. The molecular formula is C13H20BNO2. The fourth-order valence-electron chi connectivity index (χ4n) is 2.45. The number of benzene rings is 1. The molecule has 4 heteroatoms. The molecule has 0 spiro atoms. The van der Waals surface area contributed by atoms with Gasteiger partial charge < -0.3 is 10.0 Å². The lowest BCUT2D eigenvalue weighted by Gasteiger charge is -2.39. The summed E-state index contributed by atoms with van der Waals surface area (Å²) in [4.78, 5) is 2.42. The van der Waals surface area contributed by atoms with Crippen molar-refractivity contribution in [1.29, 1.82) is 0 Å². The number of nitrogens with zero attached hydrogens (tertiary/aromatic N) is 1. The van der Waals surface area contributed by atoms with Crippen molar-refractivity contribution in [3.8, 4) is 0 Å². The second-order valence-electron chi connectivity index (χ2n) is 5.70. The van der Waals surface area contributed by atoms with Crippen molar-refractivity contribution >= 4 is 12.6 Å². The van der Waals surface area contributed by atoms with Crippen LogP contribution in [0.25, 0.3) is 0 Å². The lowest BCUT2D eigenvalue weighted by molar-refractivity contribution is 0.121. The third-order valence-corrected chi connectivity index (χ3v) is 3.53. The van der Waals surface area contributed by atoms with Gasteiger partial charge in [-0.3, -0.25) is 4.90 Å². The van der Waals surface area contributed by atoms with Gasteiger partial charge in [0.1, 0.15) is 0 Å². The third-order valence-electron chi connectivity index (χ3n) is 3.53. The summed E-state index contributed by atoms with van der Waals surface area (Å²) in [5.41, 5.74) is 3.15. The highest BCUT2D eigenvalue weighted by molar-refractivity contribution is 6.59. The van der Waals surface area contributed by atoms with E-state index in [0.717, 1.165) is 25.1 Å². The minimum atomic E-state index is -1.36. The van der Waals surface area contributed by atoms with Crippen LogP contribution in [0, 0.1) is 0 Å². The van der Waals surface area contributed by atoms with Crippen LogP contribution in [0.3, 0.4) is 0 Å². The second kappa shape index (κ2) is 4.44. The van der Waals surface area contributed by atoms with Crippen LogP contribution in [0.4, 0.5) is 0 Å². The summed E-state index contributed by atoms with van der Waals surface area (Å²) in [5.74, 6) is 0. The Bertz CT molecular complexity index is 412. The zero-order chi connectivity index (χ0) is 12.6. The number of hydrogen-bond donors (Lipinski definition) is 2. The van der Waals surface area contributed by atoms with Gasteiger partial charge in [0.05, 0.1) is 0 Å². The van der Waals surface area contributed by atoms with Gasteiger partial charge in [-0.05, 0) is 43.8 Å². The lowest BCUT2D eigenvalue weighted by atomic mass is 9.74. The van der Waals surface area contributed by atoms with Gasteiger partial charge in [0.25, 0.3) is 0 Å². The molecule has 2 rings (SSSR count). The fourth-order valence-corrected chi connectivity index (χ4v) is 2.45. The van der Waals surface area contributed by atoms with Crippen molar-refractivity contribution in [3.05, 3.63) is 29.3 Å². The molecule has 0 bridgehead atoms. The molecule has 1 aromatic rings. The van der Waals surface area contributed by atoms with Crippen LogP contribution in [0.15, 0.2) is 18.2 Å². The molecule has 92 valence electrons. The van der Waals surface area contributed by atoms with E-state index in [1.165, 1.54) is 5.56 Å². The maximum Gasteiger partial charge on any atom is 0.488 e. The first-order chi connectivity index (χ1) is 7.89. The summed E-state index contributed by atoms with van der Waals surface area (Å²) < 4.78 is 0. The predicted molar refractivity (Wildman–Crippen MR) is 70.1 cm³/mol. The summed E-state index contributed by atoms with van der Waals surface area (Å²) in [7, 11) is -1.36. The van der Waals surface area contributed by atoms with E-state index in [2.05, 4.69) is 31.7 Å². The normalized spacial score (nSPS) is 16.8. The Morgan fingerprint density at radius 2 is 1.94 bits per heavy atom. The molecule has 0 radical (unpaired) electrons. The van der Waals surface area contributed by atoms with Crippen molar-refractivity contribution in [2.45, 2.75) is 39.3 Å². The van der Waals surface area contributed by atoms with Crippen LogP contribution < -0.4 is 5.46 Å². The van der Waals surface area contributed by atoms with Crippen LogP contribution >= 0.6 is 0 Å². The van der Waals surface area contributed by atoms with Gasteiger partial charge in [-0.15, -0.1) is 0 Å². The highest BCUT2D eigenvalue weighted by atomic mass is 16.4. The summed E-state index contributed by atoms with van der Waals surface area (Å²) in [6, 6.07) is 5.79. The molecule has 0 amide bonds. The van der Waals surface area contributed by atoms with E-state index >= 15 is 0 Å². The van der Waals surface area contributed by atoms with E-state index in [1.54, 1.807) is 6.07 Å². The van der Waals surface area contributed by atoms with Crippen molar-refractivity contribution in [1.82, 2.24) is 4.90 Å². The SMILES string of the molecule is CC(C)(C)N1CCc2c(cccc2B(O)O)C1. The lowest BCUT2D eigenvalue weighted by Crippen LogP contribution is -2.46. The van der Waals surface area contributed by atoms with Gasteiger partial charge in [0, 0.05) is 18.6 Å². The molecule has 2 N–H and O–H groups in total. The summed E-state index contributed by atoms with van der Waals surface area (Å²) in [6.07, 6.45) is 0.889. The quantitative estimate of drug-likeness (QED) is 0.695. The van der Waals surface area contributed by atoms with Crippen LogP contribution in [0.5, 0.6) is 0 Å². The minimum absolute atomic E-state index is 0.158. The van der Waals surface area contributed by atoms with E-state index in [0.29, 0.717) is 5.46 Å². The third kappa shape index (κ3) is 2.54. The first-order valence-electron chi connectivity index (χ1n) is 6.11. The Labute approximate surface area is 103 Å². The highest BCUT2D eigenvalue weighted by Crippen LogP contribution is 2.24. The molecule has 0 saturated carbocycles. The molecule has 0 atom stereocenters. The first kappa shape index (κ1) is 12.6. The molecule has 1 aliphatic heterocycles. The van der Waals surface area contributed by atoms with Gasteiger partial charge in [-0.25, -0.2) is 0 Å². The van der Waals surface area contributed by atoms with Gasteiger partial charge in [-0.1, -0.05) is 18.2 Å². The Hall–Kier alpha value is -0.835. The summed E-state index contributed by atoms with van der Waals surface area (Å²) >= 11 is 0. The van der Waals surface area contributed by atoms with Gasteiger partial charge in [0.2, 0.25) is 0 Å². The Kier molecular flexibility index (Phi) is 3.30.